The first-order valence-corrected chi connectivity index (χ1v) is 11.5. The molecule has 0 radical (unpaired) electrons. The molecule has 0 saturated carbocycles. The van der Waals surface area contributed by atoms with E-state index in [1.807, 2.05) is 74.5 Å². The second-order valence-corrected chi connectivity index (χ2v) is 7.93. The molecule has 5 nitrogen and oxygen atoms in total. The number of ether oxygens (including phenoxy) is 1. The molecule has 0 aliphatic rings. The molecule has 0 aliphatic carbocycles. The second-order valence-electron chi connectivity index (χ2n) is 7.93. The topological polar surface area (TPSA) is 60.2 Å². The molecule has 0 aliphatic heterocycles. The molecule has 1 heterocycles. The molecule has 0 fully saturated rings. The summed E-state index contributed by atoms with van der Waals surface area (Å²) in [5.74, 6) is 6.54. The number of benzene rings is 2. The summed E-state index contributed by atoms with van der Waals surface area (Å²) in [6.07, 6.45) is 6.23. The first kappa shape index (κ1) is 23.7. The van der Waals surface area contributed by atoms with Gasteiger partial charge in [-0.05, 0) is 49.5 Å². The molecule has 2 atom stereocenters. The highest BCUT2D eigenvalue weighted by Gasteiger charge is 2.43. The lowest BCUT2D eigenvalue weighted by molar-refractivity contribution is -0.125. The number of nitrogens with zero attached hydrogens (tertiary/aromatic N) is 3. The van der Waals surface area contributed by atoms with Crippen LogP contribution in [-0.2, 0) is 10.5 Å². The van der Waals surface area contributed by atoms with Gasteiger partial charge >= 0.3 is 0 Å². The van der Waals surface area contributed by atoms with E-state index >= 15 is 0 Å². The van der Waals surface area contributed by atoms with Crippen LogP contribution in [0.25, 0.3) is 17.1 Å². The summed E-state index contributed by atoms with van der Waals surface area (Å²) < 4.78 is 7.86. The highest BCUT2D eigenvalue weighted by Crippen LogP contribution is 2.31. The van der Waals surface area contributed by atoms with E-state index in [1.54, 1.807) is 4.68 Å². The molecule has 0 amide bonds. The summed E-state index contributed by atoms with van der Waals surface area (Å²) in [5.41, 5.74) is 1.88. The lowest BCUT2D eigenvalue weighted by atomic mass is 9.97. The zero-order chi connectivity index (χ0) is 22.8. The molecule has 0 unspecified atom stereocenters. The van der Waals surface area contributed by atoms with Crippen molar-refractivity contribution in [3.05, 3.63) is 65.7 Å². The molecule has 1 N–H and O–H groups in total. The van der Waals surface area contributed by atoms with Gasteiger partial charge in [0.25, 0.3) is 5.72 Å². The van der Waals surface area contributed by atoms with E-state index < -0.39 is 11.8 Å². The third kappa shape index (κ3) is 5.45. The molecule has 3 rings (SSSR count). The van der Waals surface area contributed by atoms with E-state index in [-0.39, 0.29) is 0 Å². The Morgan fingerprint density at radius 3 is 2.59 bits per heavy atom. The van der Waals surface area contributed by atoms with Crippen molar-refractivity contribution < 1.29 is 9.84 Å². The van der Waals surface area contributed by atoms with Gasteiger partial charge in [-0.3, -0.25) is 0 Å². The molecule has 2 aromatic carbocycles. The van der Waals surface area contributed by atoms with Crippen LogP contribution in [0, 0.1) is 11.8 Å². The standard InChI is InChI=1S/C27H33N3O2/c1-4-6-7-8-9-15-20-27(32-5-2,30-25-19-14-13-18-24(25)28-29-30)26(31)22(3)21-23-16-11-10-12-17-23/h10-14,16-19,21,26,31H,4-9H2,1-3H3/b22-21+/t26-,27+/m0/s1. The maximum Gasteiger partial charge on any atom is 0.256 e. The van der Waals surface area contributed by atoms with Crippen LogP contribution in [0.2, 0.25) is 0 Å². The Labute approximate surface area is 191 Å². The monoisotopic (exact) mass is 431 g/mol. The van der Waals surface area contributed by atoms with Crippen molar-refractivity contribution in [2.75, 3.05) is 6.61 Å². The number of para-hydroxylation sites is 1. The Balaban J connectivity index is 2.06. The fourth-order valence-electron chi connectivity index (χ4n) is 3.78. The van der Waals surface area contributed by atoms with Gasteiger partial charge in [0.05, 0.1) is 5.52 Å². The fraction of sp³-hybridized carbons (Fsp3) is 0.407. The first-order chi connectivity index (χ1) is 15.6. The van der Waals surface area contributed by atoms with E-state index in [1.165, 1.54) is 12.8 Å². The Morgan fingerprint density at radius 2 is 1.84 bits per heavy atom. The maximum absolute atomic E-state index is 11.6. The van der Waals surface area contributed by atoms with Crippen molar-refractivity contribution in [1.82, 2.24) is 15.0 Å². The molecule has 5 heteroatoms. The van der Waals surface area contributed by atoms with Crippen molar-refractivity contribution in [3.63, 3.8) is 0 Å². The first-order valence-electron chi connectivity index (χ1n) is 11.5. The van der Waals surface area contributed by atoms with Crippen molar-refractivity contribution in [2.45, 2.75) is 64.7 Å². The van der Waals surface area contributed by atoms with Gasteiger partial charge in [-0.15, -0.1) is 5.10 Å². The van der Waals surface area contributed by atoms with Gasteiger partial charge in [0.1, 0.15) is 11.6 Å². The Hall–Kier alpha value is -2.94. The van der Waals surface area contributed by atoms with Gasteiger partial charge in [0.2, 0.25) is 0 Å². The van der Waals surface area contributed by atoms with E-state index in [0.717, 1.165) is 41.4 Å². The van der Waals surface area contributed by atoms with Gasteiger partial charge in [0, 0.05) is 13.0 Å². The Bertz CT molecular complexity index is 1080. The van der Waals surface area contributed by atoms with Gasteiger partial charge in [-0.2, -0.15) is 4.68 Å². The van der Waals surface area contributed by atoms with E-state index in [0.29, 0.717) is 6.61 Å². The molecule has 0 bridgehead atoms. The third-order valence-corrected chi connectivity index (χ3v) is 5.45. The number of hydrogen-bond donors (Lipinski definition) is 1. The van der Waals surface area contributed by atoms with Gasteiger partial charge in [-0.1, -0.05) is 85.9 Å². The summed E-state index contributed by atoms with van der Waals surface area (Å²) in [5, 5.41) is 20.3. The highest BCUT2D eigenvalue weighted by atomic mass is 16.5. The average Bonchev–Trinajstić information content (AvgIpc) is 3.25. The molecule has 168 valence electrons. The highest BCUT2D eigenvalue weighted by molar-refractivity contribution is 5.74. The minimum absolute atomic E-state index is 0.369. The Kier molecular flexibility index (Phi) is 8.61. The zero-order valence-electron chi connectivity index (χ0n) is 19.3. The number of aliphatic hydroxyl groups is 1. The summed E-state index contributed by atoms with van der Waals surface area (Å²) in [4.78, 5) is 0. The number of hydrogen-bond acceptors (Lipinski definition) is 4. The van der Waals surface area contributed by atoms with E-state index in [4.69, 9.17) is 4.74 Å². The van der Waals surface area contributed by atoms with Crippen LogP contribution in [0.15, 0.2) is 60.2 Å². The normalized spacial score (nSPS) is 14.6. The van der Waals surface area contributed by atoms with Crippen LogP contribution in [0.3, 0.4) is 0 Å². The number of unbranched alkanes of at least 4 members (excludes halogenated alkanes) is 4. The number of aliphatic hydroxyl groups excluding tert-OH is 1. The van der Waals surface area contributed by atoms with Gasteiger partial charge in [-0.25, -0.2) is 0 Å². The fourth-order valence-corrected chi connectivity index (χ4v) is 3.78. The smallest absolute Gasteiger partial charge is 0.256 e. The molecule has 0 saturated heterocycles. The lowest BCUT2D eigenvalue weighted by Crippen LogP contribution is -2.48. The molecule has 0 spiro atoms. The van der Waals surface area contributed by atoms with Crippen molar-refractivity contribution >= 4 is 17.1 Å². The molecule has 1 aromatic heterocycles. The molecular weight excluding hydrogens is 398 g/mol. The summed E-state index contributed by atoms with van der Waals surface area (Å²) in [6, 6.07) is 17.6. The SMILES string of the molecule is CCCCCCC#C[C@@](OCC)([C@@H](O)/C(C)=C/c1ccccc1)n1nnc2ccccc21. The van der Waals surface area contributed by atoms with Crippen LogP contribution in [0.5, 0.6) is 0 Å². The molecular formula is C27H33N3O2. The van der Waals surface area contributed by atoms with Crippen molar-refractivity contribution in [1.29, 1.82) is 0 Å². The maximum atomic E-state index is 11.6. The number of rotatable bonds is 10. The Morgan fingerprint density at radius 1 is 1.09 bits per heavy atom. The van der Waals surface area contributed by atoms with Gasteiger partial charge in [0.15, 0.2) is 0 Å². The van der Waals surface area contributed by atoms with Gasteiger partial charge < -0.3 is 9.84 Å². The quantitative estimate of drug-likeness (QED) is 0.337. The summed E-state index contributed by atoms with van der Waals surface area (Å²) >= 11 is 0. The minimum Gasteiger partial charge on any atom is -0.382 e. The van der Waals surface area contributed by atoms with Crippen LogP contribution < -0.4 is 0 Å². The predicted molar refractivity (Wildman–Crippen MR) is 130 cm³/mol. The second kappa shape index (κ2) is 11.6. The lowest BCUT2D eigenvalue weighted by Gasteiger charge is -2.34. The van der Waals surface area contributed by atoms with Crippen molar-refractivity contribution in [3.8, 4) is 11.8 Å². The predicted octanol–water partition coefficient (Wildman–Crippen LogP) is 5.56. The minimum atomic E-state index is -1.37. The molecule has 32 heavy (non-hydrogen) atoms. The average molecular weight is 432 g/mol. The van der Waals surface area contributed by atoms with Crippen LogP contribution in [0.1, 0.15) is 58.4 Å². The largest absolute Gasteiger partial charge is 0.382 e. The van der Waals surface area contributed by atoms with Crippen LogP contribution >= 0.6 is 0 Å². The third-order valence-electron chi connectivity index (χ3n) is 5.45. The molecule has 3 aromatic rings. The summed E-state index contributed by atoms with van der Waals surface area (Å²) in [6.45, 7) is 6.36. The van der Waals surface area contributed by atoms with Crippen LogP contribution in [-0.4, -0.2) is 32.8 Å². The zero-order valence-corrected chi connectivity index (χ0v) is 19.3. The number of fused-ring (bicyclic) bond motifs is 1. The number of aromatic nitrogens is 3. The van der Waals surface area contributed by atoms with E-state index in [9.17, 15) is 5.11 Å². The van der Waals surface area contributed by atoms with E-state index in [2.05, 4.69) is 29.1 Å². The van der Waals surface area contributed by atoms with Crippen LogP contribution in [0.4, 0.5) is 0 Å². The summed E-state index contributed by atoms with van der Waals surface area (Å²) in [7, 11) is 0. The van der Waals surface area contributed by atoms with Crippen molar-refractivity contribution in [2.24, 2.45) is 0 Å².